The van der Waals surface area contributed by atoms with Crippen LogP contribution in [0.2, 0.25) is 0 Å². The van der Waals surface area contributed by atoms with Crippen LogP contribution >= 0.6 is 0 Å². The molecule has 0 aromatic heterocycles. The van der Waals surface area contributed by atoms with Gasteiger partial charge < -0.3 is 10.3 Å². The number of halogens is 1. The Kier molecular flexibility index (Phi) is 4.74. The van der Waals surface area contributed by atoms with Crippen molar-refractivity contribution in [3.63, 3.8) is 0 Å². The number of nitrogens with one attached hydrogen (secondary N) is 2. The van der Waals surface area contributed by atoms with Gasteiger partial charge in [0, 0.05) is 44.8 Å². The maximum absolute atomic E-state index is 14.2. The largest absolute Gasteiger partial charge is 0.322 e. The van der Waals surface area contributed by atoms with E-state index >= 15 is 0 Å². The second kappa shape index (κ2) is 6.32. The van der Waals surface area contributed by atoms with Crippen LogP contribution in [0.25, 0.3) is 0 Å². The Morgan fingerprint density at radius 1 is 1.21 bits per heavy atom. The highest BCUT2D eigenvalue weighted by Crippen LogP contribution is 2.25. The Morgan fingerprint density at radius 3 is 2.47 bits per heavy atom. The predicted molar refractivity (Wildman–Crippen MR) is 76.6 cm³/mol. The monoisotopic (exact) mass is 266 g/mol. The first-order valence-electron chi connectivity index (χ1n) is 6.76. The van der Waals surface area contributed by atoms with E-state index in [4.69, 9.17) is 0 Å². The third kappa shape index (κ3) is 3.43. The summed E-state index contributed by atoms with van der Waals surface area (Å²) in [7, 11) is 3.89. The van der Waals surface area contributed by atoms with Gasteiger partial charge in [0.15, 0.2) is 0 Å². The van der Waals surface area contributed by atoms with Crippen LogP contribution in [0.5, 0.6) is 0 Å². The van der Waals surface area contributed by atoms with Crippen molar-refractivity contribution in [3.05, 3.63) is 29.6 Å². The molecule has 1 unspecified atom stereocenters. The molecule has 1 atom stereocenters. The van der Waals surface area contributed by atoms with Crippen LogP contribution < -0.4 is 10.9 Å². The highest BCUT2D eigenvalue weighted by molar-refractivity contribution is 5.45. The SMILES string of the molecule is CNNc1ccc(C(C)N2CCN(C)CC2)c(F)c1. The lowest BCUT2D eigenvalue weighted by atomic mass is 10.0. The Labute approximate surface area is 114 Å². The van der Waals surface area contributed by atoms with E-state index in [0.29, 0.717) is 0 Å². The average molecular weight is 266 g/mol. The van der Waals surface area contributed by atoms with Gasteiger partial charge in [-0.3, -0.25) is 4.90 Å². The molecule has 0 radical (unpaired) electrons. The summed E-state index contributed by atoms with van der Waals surface area (Å²) in [6, 6.07) is 5.44. The third-order valence-electron chi connectivity index (χ3n) is 3.81. The maximum atomic E-state index is 14.2. The zero-order chi connectivity index (χ0) is 13.8. The molecule has 1 saturated heterocycles. The van der Waals surface area contributed by atoms with Gasteiger partial charge in [0.1, 0.15) is 5.82 Å². The average Bonchev–Trinajstić information content (AvgIpc) is 2.39. The Bertz CT molecular complexity index is 416. The molecular weight excluding hydrogens is 243 g/mol. The van der Waals surface area contributed by atoms with Crippen molar-refractivity contribution in [1.82, 2.24) is 15.2 Å². The number of likely N-dealkylation sites (N-methyl/N-ethyl adjacent to an activating group) is 1. The van der Waals surface area contributed by atoms with Crippen molar-refractivity contribution in [3.8, 4) is 0 Å². The number of piperazine rings is 1. The van der Waals surface area contributed by atoms with Crippen molar-refractivity contribution < 1.29 is 4.39 Å². The summed E-state index contributed by atoms with van der Waals surface area (Å²) >= 11 is 0. The molecule has 1 aliphatic rings. The molecule has 0 spiro atoms. The first kappa shape index (κ1) is 14.2. The van der Waals surface area contributed by atoms with Crippen molar-refractivity contribution >= 4 is 5.69 Å². The summed E-state index contributed by atoms with van der Waals surface area (Å²) in [5.74, 6) is -0.147. The molecular formula is C14H23FN4. The van der Waals surface area contributed by atoms with E-state index in [-0.39, 0.29) is 11.9 Å². The highest BCUT2D eigenvalue weighted by Gasteiger charge is 2.22. The minimum absolute atomic E-state index is 0.123. The van der Waals surface area contributed by atoms with E-state index in [1.165, 1.54) is 0 Å². The van der Waals surface area contributed by atoms with E-state index in [2.05, 4.69) is 34.6 Å². The summed E-state index contributed by atoms with van der Waals surface area (Å²) in [6.07, 6.45) is 0. The van der Waals surface area contributed by atoms with E-state index < -0.39 is 0 Å². The highest BCUT2D eigenvalue weighted by atomic mass is 19.1. The zero-order valence-electron chi connectivity index (χ0n) is 11.9. The molecule has 1 aromatic carbocycles. The van der Waals surface area contributed by atoms with E-state index in [9.17, 15) is 4.39 Å². The van der Waals surface area contributed by atoms with Crippen molar-refractivity contribution in [1.29, 1.82) is 0 Å². The summed E-state index contributed by atoms with van der Waals surface area (Å²) in [5.41, 5.74) is 7.20. The fraction of sp³-hybridized carbons (Fsp3) is 0.571. The molecule has 106 valence electrons. The number of hydrogen-bond donors (Lipinski definition) is 2. The van der Waals surface area contributed by atoms with Gasteiger partial charge in [0.05, 0.1) is 5.69 Å². The smallest absolute Gasteiger partial charge is 0.130 e. The molecule has 1 aromatic rings. The van der Waals surface area contributed by atoms with Crippen molar-refractivity contribution in [2.24, 2.45) is 0 Å². The van der Waals surface area contributed by atoms with Crippen molar-refractivity contribution in [2.75, 3.05) is 45.7 Å². The van der Waals surface area contributed by atoms with Gasteiger partial charge >= 0.3 is 0 Å². The van der Waals surface area contributed by atoms with E-state index in [1.54, 1.807) is 13.1 Å². The number of hydrazine groups is 1. The van der Waals surface area contributed by atoms with Crippen LogP contribution in [-0.2, 0) is 0 Å². The Morgan fingerprint density at radius 2 is 1.89 bits per heavy atom. The Hall–Kier alpha value is -1.17. The van der Waals surface area contributed by atoms with Crippen LogP contribution in [0.3, 0.4) is 0 Å². The molecule has 2 N–H and O–H groups in total. The number of anilines is 1. The van der Waals surface area contributed by atoms with Crippen LogP contribution in [0.4, 0.5) is 10.1 Å². The Balaban J connectivity index is 2.08. The quantitative estimate of drug-likeness (QED) is 0.812. The topological polar surface area (TPSA) is 30.5 Å². The lowest BCUT2D eigenvalue weighted by molar-refractivity contribution is 0.117. The van der Waals surface area contributed by atoms with Gasteiger partial charge in [-0.25, -0.2) is 9.82 Å². The summed E-state index contributed by atoms with van der Waals surface area (Å²) in [5, 5.41) is 0. The van der Waals surface area contributed by atoms with Crippen LogP contribution in [0.15, 0.2) is 18.2 Å². The fourth-order valence-corrected chi connectivity index (χ4v) is 2.49. The molecule has 1 aliphatic heterocycles. The molecule has 1 heterocycles. The third-order valence-corrected chi connectivity index (χ3v) is 3.81. The zero-order valence-corrected chi connectivity index (χ0v) is 11.9. The minimum atomic E-state index is -0.147. The number of nitrogens with zero attached hydrogens (tertiary/aromatic N) is 2. The molecule has 0 aliphatic carbocycles. The molecule has 4 nitrogen and oxygen atoms in total. The second-order valence-electron chi connectivity index (χ2n) is 5.13. The summed E-state index contributed by atoms with van der Waals surface area (Å²) < 4.78 is 14.2. The van der Waals surface area contributed by atoms with Crippen LogP contribution in [0, 0.1) is 5.82 Å². The van der Waals surface area contributed by atoms with Gasteiger partial charge in [-0.1, -0.05) is 6.07 Å². The predicted octanol–water partition coefficient (Wildman–Crippen LogP) is 1.68. The van der Waals surface area contributed by atoms with Crippen molar-refractivity contribution in [2.45, 2.75) is 13.0 Å². The van der Waals surface area contributed by atoms with Gasteiger partial charge in [0.25, 0.3) is 0 Å². The first-order valence-corrected chi connectivity index (χ1v) is 6.76. The standard InChI is InChI=1S/C14H23FN4/c1-11(19-8-6-18(3)7-9-19)13-5-4-12(17-16-2)10-14(13)15/h4-5,10-11,16-17H,6-9H2,1-3H3. The van der Waals surface area contributed by atoms with Gasteiger partial charge in [-0.2, -0.15) is 0 Å². The van der Waals surface area contributed by atoms with Gasteiger partial charge in [0.2, 0.25) is 0 Å². The van der Waals surface area contributed by atoms with Crippen LogP contribution in [0.1, 0.15) is 18.5 Å². The number of benzene rings is 1. The number of hydrogen-bond acceptors (Lipinski definition) is 4. The molecule has 19 heavy (non-hydrogen) atoms. The maximum Gasteiger partial charge on any atom is 0.130 e. The fourth-order valence-electron chi connectivity index (χ4n) is 2.49. The molecule has 0 bridgehead atoms. The van der Waals surface area contributed by atoms with E-state index in [1.807, 2.05) is 12.1 Å². The molecule has 0 amide bonds. The van der Waals surface area contributed by atoms with Gasteiger partial charge in [-0.05, 0) is 26.1 Å². The second-order valence-corrected chi connectivity index (χ2v) is 5.13. The normalized spacial score (nSPS) is 19.4. The lowest BCUT2D eigenvalue weighted by Gasteiger charge is -2.36. The molecule has 5 heteroatoms. The van der Waals surface area contributed by atoms with Gasteiger partial charge in [-0.15, -0.1) is 0 Å². The minimum Gasteiger partial charge on any atom is -0.322 e. The first-order chi connectivity index (χ1) is 9.11. The molecule has 2 rings (SSSR count). The lowest BCUT2D eigenvalue weighted by Crippen LogP contribution is -2.45. The van der Waals surface area contributed by atoms with Crippen LogP contribution in [-0.4, -0.2) is 50.1 Å². The molecule has 0 saturated carbocycles. The van der Waals surface area contributed by atoms with E-state index in [0.717, 1.165) is 37.4 Å². The molecule has 1 fully saturated rings. The number of rotatable bonds is 4. The summed E-state index contributed by atoms with van der Waals surface area (Å²) in [6.45, 7) is 6.16. The summed E-state index contributed by atoms with van der Waals surface area (Å²) in [4.78, 5) is 4.64.